The van der Waals surface area contributed by atoms with E-state index in [1.807, 2.05) is 11.8 Å². The fraction of sp³-hybridized carbons (Fsp3) is 0.600. The highest BCUT2D eigenvalue weighted by atomic mass is 35.5. The Kier molecular flexibility index (Phi) is 5.88. The van der Waals surface area contributed by atoms with Gasteiger partial charge in [0, 0.05) is 26.2 Å². The summed E-state index contributed by atoms with van der Waals surface area (Å²) in [5, 5.41) is 2.69. The van der Waals surface area contributed by atoms with Gasteiger partial charge in [0.05, 0.1) is 11.0 Å². The van der Waals surface area contributed by atoms with Crippen molar-refractivity contribution >= 4 is 44.9 Å². The highest BCUT2D eigenvalue weighted by molar-refractivity contribution is 7.91. The van der Waals surface area contributed by atoms with Gasteiger partial charge in [-0.3, -0.25) is 9.69 Å². The first-order valence-corrected chi connectivity index (χ1v) is 11.1. The van der Waals surface area contributed by atoms with Crippen molar-refractivity contribution in [3.63, 3.8) is 0 Å². The van der Waals surface area contributed by atoms with Gasteiger partial charge in [0.25, 0.3) is 15.9 Å². The molecule has 0 bridgehead atoms. The maximum Gasteiger partial charge on any atom is 0.325 e. The van der Waals surface area contributed by atoms with Crippen molar-refractivity contribution in [2.75, 3.05) is 32.8 Å². The zero-order chi connectivity index (χ0) is 18.9. The molecule has 1 aromatic rings. The fourth-order valence-corrected chi connectivity index (χ4v) is 6.13. The summed E-state index contributed by atoms with van der Waals surface area (Å²) in [7, 11) is -3.55. The number of nitrogens with one attached hydrogen (secondary N) is 1. The molecule has 8 nitrogen and oxygen atoms in total. The summed E-state index contributed by atoms with van der Waals surface area (Å²) in [5.41, 5.74) is 0. The number of piperazine rings is 1. The Hall–Kier alpha value is -1.20. The molecule has 0 unspecified atom stereocenters. The number of urea groups is 1. The van der Waals surface area contributed by atoms with Crippen LogP contribution >= 0.6 is 22.9 Å². The number of nitrogens with zero attached hydrogens (tertiary/aromatic N) is 3. The van der Waals surface area contributed by atoms with Crippen molar-refractivity contribution in [3.8, 4) is 0 Å². The third kappa shape index (κ3) is 3.89. The van der Waals surface area contributed by atoms with E-state index < -0.39 is 16.1 Å². The molecule has 0 spiro atoms. The minimum atomic E-state index is -3.55. The average Bonchev–Trinajstić information content (AvgIpc) is 3.15. The van der Waals surface area contributed by atoms with Gasteiger partial charge >= 0.3 is 6.03 Å². The molecule has 2 aliphatic heterocycles. The van der Waals surface area contributed by atoms with Crippen LogP contribution in [0.4, 0.5) is 4.79 Å². The summed E-state index contributed by atoms with van der Waals surface area (Å²) in [6.45, 7) is 3.66. The van der Waals surface area contributed by atoms with Crippen molar-refractivity contribution in [2.45, 2.75) is 30.0 Å². The molecule has 3 rings (SSSR count). The summed E-state index contributed by atoms with van der Waals surface area (Å²) in [6.07, 6.45) is 1.43. The third-order valence-corrected chi connectivity index (χ3v) is 8.10. The zero-order valence-electron chi connectivity index (χ0n) is 14.4. The zero-order valence-corrected chi connectivity index (χ0v) is 16.7. The highest BCUT2D eigenvalue weighted by Crippen LogP contribution is 2.28. The summed E-state index contributed by atoms with van der Waals surface area (Å²) >= 11 is 6.87. The van der Waals surface area contributed by atoms with Crippen LogP contribution in [0.3, 0.4) is 0 Å². The molecule has 11 heteroatoms. The van der Waals surface area contributed by atoms with E-state index in [-0.39, 0.29) is 22.8 Å². The van der Waals surface area contributed by atoms with Crippen LogP contribution in [0.25, 0.3) is 0 Å². The van der Waals surface area contributed by atoms with Crippen molar-refractivity contribution in [1.29, 1.82) is 0 Å². The molecule has 2 saturated heterocycles. The summed E-state index contributed by atoms with van der Waals surface area (Å²) in [4.78, 5) is 27.4. The second-order valence-electron chi connectivity index (χ2n) is 6.28. The lowest BCUT2D eigenvalue weighted by Gasteiger charge is -2.34. The van der Waals surface area contributed by atoms with Gasteiger partial charge in [0.2, 0.25) is 0 Å². The lowest BCUT2D eigenvalue weighted by molar-refractivity contribution is -0.129. The number of rotatable bonds is 6. The molecule has 0 saturated carbocycles. The van der Waals surface area contributed by atoms with E-state index in [2.05, 4.69) is 5.32 Å². The molecule has 144 valence electrons. The number of imide groups is 1. The van der Waals surface area contributed by atoms with Gasteiger partial charge in [0.15, 0.2) is 0 Å². The van der Waals surface area contributed by atoms with Gasteiger partial charge < -0.3 is 5.32 Å². The van der Waals surface area contributed by atoms with Crippen LogP contribution in [-0.4, -0.2) is 73.4 Å². The second-order valence-corrected chi connectivity index (χ2v) is 10.2. The van der Waals surface area contributed by atoms with Crippen LogP contribution in [0, 0.1) is 0 Å². The van der Waals surface area contributed by atoms with E-state index in [0.717, 1.165) is 17.8 Å². The van der Waals surface area contributed by atoms with E-state index in [9.17, 15) is 18.0 Å². The molecule has 26 heavy (non-hydrogen) atoms. The highest BCUT2D eigenvalue weighted by Gasteiger charge is 2.39. The molecule has 3 amide bonds. The Bertz CT molecular complexity index is 789. The van der Waals surface area contributed by atoms with Gasteiger partial charge in [0.1, 0.15) is 10.3 Å². The van der Waals surface area contributed by atoms with E-state index in [1.165, 1.54) is 15.3 Å². The maximum absolute atomic E-state index is 12.6. The number of hydrogen-bond acceptors (Lipinski definition) is 6. The van der Waals surface area contributed by atoms with E-state index >= 15 is 0 Å². The lowest BCUT2D eigenvalue weighted by atomic mass is 10.2. The monoisotopic (exact) mass is 420 g/mol. The van der Waals surface area contributed by atoms with Crippen LogP contribution in [0.1, 0.15) is 19.8 Å². The van der Waals surface area contributed by atoms with E-state index in [0.29, 0.717) is 36.9 Å². The molecule has 0 radical (unpaired) electrons. The Balaban J connectivity index is 1.57. The number of hydrogen-bond donors (Lipinski definition) is 1. The van der Waals surface area contributed by atoms with Gasteiger partial charge in [-0.15, -0.1) is 11.3 Å². The third-order valence-electron chi connectivity index (χ3n) is 4.50. The van der Waals surface area contributed by atoms with E-state index in [1.54, 1.807) is 6.07 Å². The smallest absolute Gasteiger partial charge is 0.325 e. The fourth-order valence-electron chi connectivity index (χ4n) is 3.07. The number of halogens is 1. The van der Waals surface area contributed by atoms with Gasteiger partial charge in [-0.2, -0.15) is 4.31 Å². The predicted molar refractivity (Wildman–Crippen MR) is 98.6 cm³/mol. The molecular weight excluding hydrogens is 400 g/mol. The Labute approximate surface area is 161 Å². The van der Waals surface area contributed by atoms with Crippen LogP contribution < -0.4 is 5.32 Å². The van der Waals surface area contributed by atoms with Crippen LogP contribution in [0.2, 0.25) is 4.34 Å². The van der Waals surface area contributed by atoms with E-state index in [4.69, 9.17) is 11.6 Å². The first kappa shape index (κ1) is 19.6. The quantitative estimate of drug-likeness (QED) is 0.702. The summed E-state index contributed by atoms with van der Waals surface area (Å²) < 4.78 is 27.3. The first-order valence-electron chi connectivity index (χ1n) is 8.42. The van der Waals surface area contributed by atoms with Crippen LogP contribution in [0.5, 0.6) is 0 Å². The SMILES string of the molecule is CCC[C@H]1NC(=O)N(CN2CCN(S(=O)(=O)c3ccc(Cl)s3)CC2)C1=O. The largest absolute Gasteiger partial charge is 0.326 e. The van der Waals surface area contributed by atoms with Crippen molar-refractivity contribution in [2.24, 2.45) is 0 Å². The number of amides is 3. The molecule has 0 aliphatic carbocycles. The standard InChI is InChI=1S/C15H21ClN4O4S2/c1-2-3-11-14(21)20(15(22)17-11)10-18-6-8-19(9-7-18)26(23,24)13-5-4-12(16)25-13/h4-5,11H,2-3,6-10H2,1H3,(H,17,22)/t11-/m1/s1. The van der Waals surface area contributed by atoms with Crippen LogP contribution in [0.15, 0.2) is 16.3 Å². The predicted octanol–water partition coefficient (Wildman–Crippen LogP) is 1.39. The normalized spacial score (nSPS) is 22.8. The molecule has 1 aromatic heterocycles. The van der Waals surface area contributed by atoms with Crippen molar-refractivity contribution in [1.82, 2.24) is 19.4 Å². The molecule has 3 heterocycles. The topological polar surface area (TPSA) is 90.0 Å². The molecule has 2 aliphatic rings. The number of carbonyl (C=O) groups is 2. The minimum absolute atomic E-state index is 0.184. The van der Waals surface area contributed by atoms with Crippen LogP contribution in [-0.2, 0) is 14.8 Å². The number of sulfonamides is 1. The van der Waals surface area contributed by atoms with Crippen molar-refractivity contribution in [3.05, 3.63) is 16.5 Å². The average molecular weight is 421 g/mol. The van der Waals surface area contributed by atoms with Gasteiger partial charge in [-0.25, -0.2) is 18.1 Å². The first-order chi connectivity index (χ1) is 12.3. The van der Waals surface area contributed by atoms with Crippen molar-refractivity contribution < 1.29 is 18.0 Å². The second kappa shape index (κ2) is 7.81. The van der Waals surface area contributed by atoms with Gasteiger partial charge in [-0.1, -0.05) is 24.9 Å². The molecule has 2 fully saturated rings. The molecule has 1 N–H and O–H groups in total. The molecule has 0 aromatic carbocycles. The lowest BCUT2D eigenvalue weighted by Crippen LogP contribution is -2.52. The maximum atomic E-state index is 12.6. The Morgan fingerprint density at radius 1 is 1.23 bits per heavy atom. The summed E-state index contributed by atoms with van der Waals surface area (Å²) in [5.74, 6) is -0.208. The minimum Gasteiger partial charge on any atom is -0.326 e. The summed E-state index contributed by atoms with van der Waals surface area (Å²) in [6, 6.07) is 2.25. The van der Waals surface area contributed by atoms with Gasteiger partial charge in [-0.05, 0) is 18.6 Å². The molecule has 1 atom stereocenters. The number of thiophene rings is 1. The Morgan fingerprint density at radius 2 is 1.92 bits per heavy atom. The molecular formula is C15H21ClN4O4S2. The Morgan fingerprint density at radius 3 is 2.50 bits per heavy atom. The number of carbonyl (C=O) groups excluding carboxylic acids is 2.